The number of furan rings is 1. The molecule has 0 aliphatic rings. The van der Waals surface area contributed by atoms with Gasteiger partial charge in [0.2, 0.25) is 0 Å². The molecule has 1 aromatic carbocycles. The molecule has 0 amide bonds. The molecule has 2 rings (SSSR count). The highest BCUT2D eigenvalue weighted by atomic mass is 35.5. The van der Waals surface area contributed by atoms with Gasteiger partial charge in [-0.15, -0.1) is 0 Å². The van der Waals surface area contributed by atoms with Crippen LogP contribution in [0, 0.1) is 0 Å². The van der Waals surface area contributed by atoms with Crippen LogP contribution in [0.5, 0.6) is 0 Å². The zero-order valence-electron chi connectivity index (χ0n) is 10.3. The summed E-state index contributed by atoms with van der Waals surface area (Å²) >= 11 is 12.3. The first-order valence-corrected chi connectivity index (χ1v) is 6.62. The number of halogens is 2. The number of hydrogen-bond acceptors (Lipinski definition) is 2. The Morgan fingerprint density at radius 3 is 2.67 bits per heavy atom. The van der Waals surface area contributed by atoms with Crippen molar-refractivity contribution in [1.29, 1.82) is 0 Å². The van der Waals surface area contributed by atoms with Gasteiger partial charge in [0.25, 0.3) is 0 Å². The van der Waals surface area contributed by atoms with Crippen LogP contribution in [0.1, 0.15) is 29.9 Å². The lowest BCUT2D eigenvalue weighted by Gasteiger charge is -2.18. The molecular weight excluding hydrogens is 269 g/mol. The Labute approximate surface area is 117 Å². The van der Waals surface area contributed by atoms with Crippen LogP contribution < -0.4 is 5.32 Å². The van der Waals surface area contributed by atoms with E-state index in [2.05, 4.69) is 12.2 Å². The maximum absolute atomic E-state index is 6.28. The van der Waals surface area contributed by atoms with Gasteiger partial charge >= 0.3 is 0 Å². The van der Waals surface area contributed by atoms with E-state index in [0.29, 0.717) is 10.0 Å². The van der Waals surface area contributed by atoms with Gasteiger partial charge < -0.3 is 9.73 Å². The van der Waals surface area contributed by atoms with E-state index in [4.69, 9.17) is 27.6 Å². The predicted octanol–water partition coefficient (Wildman–Crippen LogP) is 4.46. The zero-order chi connectivity index (χ0) is 13.1. The maximum Gasteiger partial charge on any atom is 0.108 e. The minimum absolute atomic E-state index is 0.00935. The summed E-state index contributed by atoms with van der Waals surface area (Å²) in [5.74, 6) is 0.963. The summed E-state index contributed by atoms with van der Waals surface area (Å²) in [5, 5.41) is 4.41. The molecule has 1 N–H and O–H groups in total. The second-order valence-corrected chi connectivity index (χ2v) is 4.80. The highest BCUT2D eigenvalue weighted by molar-refractivity contribution is 6.42. The minimum Gasteiger partial charge on any atom is -0.469 e. The lowest BCUT2D eigenvalue weighted by Crippen LogP contribution is -2.18. The first-order chi connectivity index (χ1) is 8.69. The lowest BCUT2D eigenvalue weighted by molar-refractivity contribution is 0.505. The molecule has 0 spiro atoms. The summed E-state index contributed by atoms with van der Waals surface area (Å²) < 4.78 is 5.47. The third kappa shape index (κ3) is 2.41. The highest BCUT2D eigenvalue weighted by Gasteiger charge is 2.20. The molecule has 18 heavy (non-hydrogen) atoms. The van der Waals surface area contributed by atoms with Crippen LogP contribution in [0.4, 0.5) is 0 Å². The fraction of sp³-hybridized carbons (Fsp3) is 0.286. The molecule has 0 aliphatic carbocycles. The molecule has 0 aliphatic heterocycles. The normalized spacial score (nSPS) is 12.7. The fourth-order valence-corrected chi connectivity index (χ4v) is 2.53. The first-order valence-electron chi connectivity index (χ1n) is 5.86. The van der Waals surface area contributed by atoms with Crippen molar-refractivity contribution < 1.29 is 4.42 Å². The molecule has 0 saturated heterocycles. The van der Waals surface area contributed by atoms with Crippen molar-refractivity contribution in [2.75, 3.05) is 7.05 Å². The molecule has 0 radical (unpaired) electrons. The van der Waals surface area contributed by atoms with Gasteiger partial charge in [-0.2, -0.15) is 0 Å². The van der Waals surface area contributed by atoms with Crippen molar-refractivity contribution in [3.8, 4) is 0 Å². The number of aryl methyl sites for hydroxylation is 1. The van der Waals surface area contributed by atoms with Crippen molar-refractivity contribution >= 4 is 23.2 Å². The van der Waals surface area contributed by atoms with E-state index in [-0.39, 0.29) is 6.04 Å². The van der Waals surface area contributed by atoms with Crippen molar-refractivity contribution in [2.24, 2.45) is 0 Å². The Morgan fingerprint density at radius 2 is 2.00 bits per heavy atom. The molecule has 1 heterocycles. The first kappa shape index (κ1) is 13.5. The van der Waals surface area contributed by atoms with Crippen LogP contribution in [0.15, 0.2) is 34.9 Å². The van der Waals surface area contributed by atoms with Crippen LogP contribution in [0.2, 0.25) is 10.0 Å². The van der Waals surface area contributed by atoms with E-state index in [9.17, 15) is 0 Å². The van der Waals surface area contributed by atoms with Gasteiger partial charge in [-0.25, -0.2) is 0 Å². The number of nitrogens with one attached hydrogen (secondary N) is 1. The third-order valence-corrected chi connectivity index (χ3v) is 3.83. The molecule has 0 bridgehead atoms. The molecular formula is C14H15Cl2NO. The topological polar surface area (TPSA) is 25.2 Å². The largest absolute Gasteiger partial charge is 0.469 e. The second-order valence-electron chi connectivity index (χ2n) is 4.02. The average Bonchev–Trinajstić information content (AvgIpc) is 2.83. The molecule has 0 saturated carbocycles. The number of rotatable bonds is 4. The molecule has 4 heteroatoms. The maximum atomic E-state index is 6.28. The van der Waals surface area contributed by atoms with Crippen LogP contribution >= 0.6 is 23.2 Å². The Hall–Kier alpha value is -0.960. The summed E-state index contributed by atoms with van der Waals surface area (Å²) in [4.78, 5) is 0. The summed E-state index contributed by atoms with van der Waals surface area (Å²) in [5.41, 5.74) is 2.06. The van der Waals surface area contributed by atoms with E-state index >= 15 is 0 Å². The Bertz CT molecular complexity index is 536. The van der Waals surface area contributed by atoms with Gasteiger partial charge in [-0.3, -0.25) is 0 Å². The van der Waals surface area contributed by atoms with Crippen molar-refractivity contribution in [1.82, 2.24) is 5.32 Å². The van der Waals surface area contributed by atoms with E-state index in [0.717, 1.165) is 23.3 Å². The van der Waals surface area contributed by atoms with Crippen molar-refractivity contribution in [3.05, 3.63) is 57.5 Å². The monoisotopic (exact) mass is 283 g/mol. The lowest BCUT2D eigenvalue weighted by atomic mass is 9.98. The predicted molar refractivity (Wildman–Crippen MR) is 75.5 cm³/mol. The zero-order valence-corrected chi connectivity index (χ0v) is 11.8. The number of benzene rings is 1. The van der Waals surface area contributed by atoms with E-state index < -0.39 is 0 Å². The Morgan fingerprint density at radius 1 is 1.22 bits per heavy atom. The molecule has 0 fully saturated rings. The summed E-state index contributed by atoms with van der Waals surface area (Å²) in [6, 6.07) is 7.62. The smallest absolute Gasteiger partial charge is 0.108 e. The van der Waals surface area contributed by atoms with Gasteiger partial charge in [0.1, 0.15) is 5.76 Å². The van der Waals surface area contributed by atoms with Crippen LogP contribution in [0.25, 0.3) is 0 Å². The molecule has 96 valence electrons. The fourth-order valence-electron chi connectivity index (χ4n) is 2.12. The van der Waals surface area contributed by atoms with Crippen LogP contribution in [0.3, 0.4) is 0 Å². The van der Waals surface area contributed by atoms with Gasteiger partial charge in [-0.05, 0) is 24.7 Å². The van der Waals surface area contributed by atoms with E-state index in [1.807, 2.05) is 25.2 Å². The van der Waals surface area contributed by atoms with Crippen LogP contribution in [-0.4, -0.2) is 7.05 Å². The molecule has 2 aromatic rings. The molecule has 1 unspecified atom stereocenters. The quantitative estimate of drug-likeness (QED) is 0.896. The number of hydrogen-bond donors (Lipinski definition) is 1. The average molecular weight is 284 g/mol. The second kappa shape index (κ2) is 5.79. The van der Waals surface area contributed by atoms with Gasteiger partial charge in [0.15, 0.2) is 0 Å². The molecule has 1 atom stereocenters. The molecule has 1 aromatic heterocycles. The van der Waals surface area contributed by atoms with E-state index in [1.165, 1.54) is 0 Å². The van der Waals surface area contributed by atoms with E-state index in [1.54, 1.807) is 12.3 Å². The summed E-state index contributed by atoms with van der Waals surface area (Å²) in [7, 11) is 1.90. The van der Waals surface area contributed by atoms with Crippen molar-refractivity contribution in [2.45, 2.75) is 19.4 Å². The van der Waals surface area contributed by atoms with Crippen LogP contribution in [-0.2, 0) is 6.42 Å². The minimum atomic E-state index is -0.00935. The highest BCUT2D eigenvalue weighted by Crippen LogP contribution is 2.34. The molecule has 2 nitrogen and oxygen atoms in total. The SMILES string of the molecule is CCc1occc1C(NC)c1cccc(Cl)c1Cl. The Kier molecular flexibility index (Phi) is 4.33. The van der Waals surface area contributed by atoms with Gasteiger partial charge in [0.05, 0.1) is 22.4 Å². The van der Waals surface area contributed by atoms with Gasteiger partial charge in [-0.1, -0.05) is 42.3 Å². The standard InChI is InChI=1S/C14H15Cl2NO/c1-3-12-9(7-8-18-12)14(17-2)10-5-4-6-11(15)13(10)16/h4-8,14,17H,3H2,1-2H3. The third-order valence-electron chi connectivity index (χ3n) is 2.99. The summed E-state index contributed by atoms with van der Waals surface area (Å²) in [6.07, 6.45) is 2.55. The Balaban J connectivity index is 2.49. The van der Waals surface area contributed by atoms with Crippen molar-refractivity contribution in [3.63, 3.8) is 0 Å². The van der Waals surface area contributed by atoms with Gasteiger partial charge in [0, 0.05) is 12.0 Å². The summed E-state index contributed by atoms with van der Waals surface area (Å²) in [6.45, 7) is 2.06.